The molecule has 1 aromatic heterocycles. The molecule has 5 nitrogen and oxygen atoms in total. The number of nitrogens with zero attached hydrogens (tertiary/aromatic N) is 2. The third kappa shape index (κ3) is 2.90. The molecule has 5 heteroatoms. The van der Waals surface area contributed by atoms with Gasteiger partial charge in [-0.05, 0) is 12.3 Å². The van der Waals surface area contributed by atoms with E-state index in [4.69, 9.17) is 11.5 Å². The lowest BCUT2D eigenvalue weighted by Gasteiger charge is -2.10. The molecule has 1 rings (SSSR count). The van der Waals surface area contributed by atoms with Crippen LogP contribution in [0.2, 0.25) is 0 Å². The first-order valence-electron chi connectivity index (χ1n) is 4.95. The highest BCUT2D eigenvalue weighted by atomic mass is 16.1. The Bertz CT molecular complexity index is 364. The molecule has 1 atom stereocenters. The van der Waals surface area contributed by atoms with E-state index in [0.29, 0.717) is 23.6 Å². The van der Waals surface area contributed by atoms with Crippen molar-refractivity contribution < 1.29 is 4.79 Å². The molecule has 0 spiro atoms. The lowest BCUT2D eigenvalue weighted by molar-refractivity contribution is 0.0998. The van der Waals surface area contributed by atoms with E-state index in [1.807, 2.05) is 0 Å². The molecule has 0 fully saturated rings. The number of nitrogen functional groups attached to an aromatic ring is 1. The predicted molar refractivity (Wildman–Crippen MR) is 58.1 cm³/mol. The van der Waals surface area contributed by atoms with Crippen LogP contribution in [0.4, 0.5) is 5.95 Å². The normalized spacial score (nSPS) is 12.4. The summed E-state index contributed by atoms with van der Waals surface area (Å²) >= 11 is 0. The molecular weight excluding hydrogens is 192 g/mol. The minimum atomic E-state index is -0.506. The van der Waals surface area contributed by atoms with Gasteiger partial charge < -0.3 is 11.5 Å². The first kappa shape index (κ1) is 11.4. The molecule has 0 radical (unpaired) electrons. The molecule has 1 unspecified atom stereocenters. The minimum absolute atomic E-state index is 0.179. The number of carbonyl (C=O) groups is 1. The molecule has 1 heterocycles. The van der Waals surface area contributed by atoms with Crippen LogP contribution in [0, 0.1) is 5.92 Å². The Balaban J connectivity index is 3.02. The van der Waals surface area contributed by atoms with Gasteiger partial charge >= 0.3 is 0 Å². The maximum Gasteiger partial charge on any atom is 0.252 e. The van der Waals surface area contributed by atoms with Gasteiger partial charge in [-0.25, -0.2) is 9.97 Å². The van der Waals surface area contributed by atoms with E-state index in [9.17, 15) is 4.79 Å². The fourth-order valence-corrected chi connectivity index (χ4v) is 1.27. The summed E-state index contributed by atoms with van der Waals surface area (Å²) in [6.07, 6.45) is 3.10. The minimum Gasteiger partial charge on any atom is -0.368 e. The molecular formula is C10H16N4O. The highest BCUT2D eigenvalue weighted by Gasteiger charge is 2.13. The van der Waals surface area contributed by atoms with E-state index in [-0.39, 0.29) is 5.95 Å². The summed E-state index contributed by atoms with van der Waals surface area (Å²) in [4.78, 5) is 18.9. The number of rotatable bonds is 4. The molecule has 4 N–H and O–H groups in total. The first-order valence-corrected chi connectivity index (χ1v) is 4.95. The van der Waals surface area contributed by atoms with E-state index in [2.05, 4.69) is 23.8 Å². The average molecular weight is 208 g/mol. The van der Waals surface area contributed by atoms with Gasteiger partial charge in [0.2, 0.25) is 5.95 Å². The Kier molecular flexibility index (Phi) is 3.60. The topological polar surface area (TPSA) is 94.9 Å². The van der Waals surface area contributed by atoms with E-state index in [0.717, 1.165) is 6.42 Å². The van der Waals surface area contributed by atoms with Gasteiger partial charge in [0.25, 0.3) is 5.91 Å². The van der Waals surface area contributed by atoms with Gasteiger partial charge in [-0.15, -0.1) is 0 Å². The summed E-state index contributed by atoms with van der Waals surface area (Å²) in [5.41, 5.74) is 11.7. The lowest BCUT2D eigenvalue weighted by atomic mass is 10.00. The predicted octanol–water partition coefficient (Wildman–Crippen LogP) is 0.746. The summed E-state index contributed by atoms with van der Waals surface area (Å²) in [5, 5.41) is 0. The van der Waals surface area contributed by atoms with Crippen molar-refractivity contribution in [3.8, 4) is 0 Å². The van der Waals surface area contributed by atoms with Crippen LogP contribution in [0.3, 0.4) is 0 Å². The van der Waals surface area contributed by atoms with Crippen molar-refractivity contribution >= 4 is 11.9 Å². The Morgan fingerprint density at radius 3 is 2.80 bits per heavy atom. The van der Waals surface area contributed by atoms with Gasteiger partial charge in [0.05, 0.1) is 11.3 Å². The van der Waals surface area contributed by atoms with Crippen LogP contribution in [0.5, 0.6) is 0 Å². The summed E-state index contributed by atoms with van der Waals surface area (Å²) in [7, 11) is 0. The highest BCUT2D eigenvalue weighted by Crippen LogP contribution is 2.13. The van der Waals surface area contributed by atoms with Gasteiger partial charge in [0.1, 0.15) is 0 Å². The maximum absolute atomic E-state index is 11.1. The van der Waals surface area contributed by atoms with Gasteiger partial charge in [-0.3, -0.25) is 4.79 Å². The number of amides is 1. The van der Waals surface area contributed by atoms with Crippen LogP contribution in [0.1, 0.15) is 36.3 Å². The zero-order chi connectivity index (χ0) is 11.4. The first-order chi connectivity index (χ1) is 7.04. The van der Waals surface area contributed by atoms with Crippen molar-refractivity contribution in [2.75, 3.05) is 5.73 Å². The zero-order valence-electron chi connectivity index (χ0n) is 9.03. The summed E-state index contributed by atoms with van der Waals surface area (Å²) in [6, 6.07) is 0. The standard InChI is InChI=1S/C10H16N4O/c1-3-6(2)4-8-7(9(11)15)5-13-10(12)14-8/h5-6H,3-4H2,1-2H3,(H2,11,15)(H2,12,13,14). The molecule has 82 valence electrons. The Labute approximate surface area is 88.9 Å². The lowest BCUT2D eigenvalue weighted by Crippen LogP contribution is -2.17. The van der Waals surface area contributed by atoms with E-state index in [1.54, 1.807) is 0 Å². The Morgan fingerprint density at radius 1 is 1.60 bits per heavy atom. The van der Waals surface area contributed by atoms with Gasteiger partial charge in [0, 0.05) is 6.20 Å². The second-order valence-electron chi connectivity index (χ2n) is 3.67. The molecule has 1 amide bonds. The van der Waals surface area contributed by atoms with Crippen molar-refractivity contribution in [2.24, 2.45) is 11.7 Å². The molecule has 15 heavy (non-hydrogen) atoms. The highest BCUT2D eigenvalue weighted by molar-refractivity contribution is 5.93. The fraction of sp³-hybridized carbons (Fsp3) is 0.500. The average Bonchev–Trinajstić information content (AvgIpc) is 2.17. The van der Waals surface area contributed by atoms with Crippen LogP contribution in [-0.4, -0.2) is 15.9 Å². The van der Waals surface area contributed by atoms with Crippen molar-refractivity contribution in [3.63, 3.8) is 0 Å². The molecule has 0 aliphatic carbocycles. The number of anilines is 1. The second-order valence-corrected chi connectivity index (χ2v) is 3.67. The van der Waals surface area contributed by atoms with E-state index in [1.165, 1.54) is 6.20 Å². The largest absolute Gasteiger partial charge is 0.368 e. The van der Waals surface area contributed by atoms with Crippen molar-refractivity contribution in [3.05, 3.63) is 17.5 Å². The zero-order valence-corrected chi connectivity index (χ0v) is 9.03. The monoisotopic (exact) mass is 208 g/mol. The molecule has 0 aromatic carbocycles. The number of nitrogens with two attached hydrogens (primary N) is 2. The van der Waals surface area contributed by atoms with Crippen LogP contribution >= 0.6 is 0 Å². The molecule has 0 aliphatic rings. The Morgan fingerprint density at radius 2 is 2.27 bits per heavy atom. The number of primary amides is 1. The summed E-state index contributed by atoms with van der Waals surface area (Å²) < 4.78 is 0. The van der Waals surface area contributed by atoms with Crippen LogP contribution in [0.25, 0.3) is 0 Å². The number of hydrogen-bond donors (Lipinski definition) is 2. The van der Waals surface area contributed by atoms with Crippen molar-refractivity contribution in [1.29, 1.82) is 0 Å². The maximum atomic E-state index is 11.1. The number of aromatic nitrogens is 2. The summed E-state index contributed by atoms with van der Waals surface area (Å²) in [5.74, 6) is 0.115. The second kappa shape index (κ2) is 4.72. The van der Waals surface area contributed by atoms with Gasteiger partial charge in [0.15, 0.2) is 0 Å². The smallest absolute Gasteiger partial charge is 0.252 e. The summed E-state index contributed by atoms with van der Waals surface area (Å²) in [6.45, 7) is 4.17. The third-order valence-electron chi connectivity index (χ3n) is 2.39. The SMILES string of the molecule is CCC(C)Cc1nc(N)ncc1C(N)=O. The van der Waals surface area contributed by atoms with Gasteiger partial charge in [-0.1, -0.05) is 20.3 Å². The van der Waals surface area contributed by atoms with E-state index >= 15 is 0 Å². The van der Waals surface area contributed by atoms with Crippen molar-refractivity contribution in [2.45, 2.75) is 26.7 Å². The van der Waals surface area contributed by atoms with Crippen LogP contribution in [-0.2, 0) is 6.42 Å². The fourth-order valence-electron chi connectivity index (χ4n) is 1.27. The quantitative estimate of drug-likeness (QED) is 0.763. The van der Waals surface area contributed by atoms with Crippen LogP contribution < -0.4 is 11.5 Å². The van der Waals surface area contributed by atoms with Crippen molar-refractivity contribution in [1.82, 2.24) is 9.97 Å². The number of carbonyl (C=O) groups excluding carboxylic acids is 1. The third-order valence-corrected chi connectivity index (χ3v) is 2.39. The molecule has 0 aliphatic heterocycles. The molecule has 0 saturated carbocycles. The molecule has 0 bridgehead atoms. The molecule has 1 aromatic rings. The number of hydrogen-bond acceptors (Lipinski definition) is 4. The van der Waals surface area contributed by atoms with E-state index < -0.39 is 5.91 Å². The Hall–Kier alpha value is -1.65. The molecule has 0 saturated heterocycles. The van der Waals surface area contributed by atoms with Crippen LogP contribution in [0.15, 0.2) is 6.20 Å². The van der Waals surface area contributed by atoms with Gasteiger partial charge in [-0.2, -0.15) is 0 Å².